The van der Waals surface area contributed by atoms with Crippen molar-refractivity contribution in [2.45, 2.75) is 44.9 Å². The SMILES string of the molecule is C=C1/C=C\C=C/C/C=C\C=C1n1c2ccccc2c2cc(-c3ccc(/C=C/c4ccc(-c5ccc6c(c5)C(C)(C)c5cc(-c7ccc8c(c7)C(C)(C)c7cc(-c9ccc(/C=C/c%10ccc(-c%11ccc%12c(c%11)c%11ccccc%11n%12-c%11cccc%12ccccc%11%12)cc%10)cc9)ccc7-8)ccc5-6)cc4)cc3)ccc21. The zero-order valence-electron chi connectivity index (χ0n) is 59.4. The van der Waals surface area contributed by atoms with Gasteiger partial charge in [0, 0.05) is 37.8 Å². The maximum atomic E-state index is 4.48. The predicted octanol–water partition coefficient (Wildman–Crippen LogP) is 27.8. The van der Waals surface area contributed by atoms with Crippen LogP contribution in [0.2, 0.25) is 0 Å². The second kappa shape index (κ2) is 25.3. The molecule has 0 fully saturated rings. The third-order valence-corrected chi connectivity index (χ3v) is 22.7. The van der Waals surface area contributed by atoms with Crippen LogP contribution in [0.5, 0.6) is 0 Å². The van der Waals surface area contributed by atoms with Crippen LogP contribution in [0.15, 0.2) is 352 Å². The first-order valence-corrected chi connectivity index (χ1v) is 36.8. The number of allylic oxidation sites excluding steroid dienone is 9. The number of fused-ring (bicyclic) bond motifs is 13. The van der Waals surface area contributed by atoms with Crippen LogP contribution < -0.4 is 0 Å². The molecule has 2 heteroatoms. The summed E-state index contributed by atoms with van der Waals surface area (Å²) >= 11 is 0. The summed E-state index contributed by atoms with van der Waals surface area (Å²) in [4.78, 5) is 0. The minimum Gasteiger partial charge on any atom is -0.309 e. The highest BCUT2D eigenvalue weighted by molar-refractivity contribution is 6.13. The Kier molecular flexibility index (Phi) is 15.2. The Morgan fingerprint density at radius 3 is 1.10 bits per heavy atom. The molecule has 0 unspecified atom stereocenters. The van der Waals surface area contributed by atoms with Crippen molar-refractivity contribution in [1.82, 2.24) is 9.13 Å². The highest BCUT2D eigenvalue weighted by Crippen LogP contribution is 2.54. The van der Waals surface area contributed by atoms with Crippen molar-refractivity contribution >= 4 is 84.4 Å². The Bertz CT molecular complexity index is 6430. The molecule has 0 spiro atoms. The number of rotatable bonds is 11. The van der Waals surface area contributed by atoms with Crippen LogP contribution in [0.25, 0.3) is 168 Å². The van der Waals surface area contributed by atoms with Crippen LogP contribution in [-0.2, 0) is 10.8 Å². The zero-order chi connectivity index (χ0) is 70.5. The molecular formula is C103H76N2. The van der Waals surface area contributed by atoms with Crippen LogP contribution in [0.1, 0.15) is 78.6 Å². The molecule has 0 amide bonds. The van der Waals surface area contributed by atoms with E-state index >= 15 is 0 Å². The van der Waals surface area contributed by atoms with E-state index in [0.717, 1.165) is 23.3 Å². The third kappa shape index (κ3) is 10.9. The van der Waals surface area contributed by atoms with Gasteiger partial charge in [-0.1, -0.05) is 326 Å². The van der Waals surface area contributed by atoms with Crippen LogP contribution in [0.4, 0.5) is 0 Å². The molecule has 498 valence electrons. The molecular weight excluding hydrogens is 1270 g/mol. The Morgan fingerprint density at radius 2 is 0.638 bits per heavy atom. The summed E-state index contributed by atoms with van der Waals surface area (Å²) in [7, 11) is 0. The lowest BCUT2D eigenvalue weighted by molar-refractivity contribution is 0.660. The van der Waals surface area contributed by atoms with Gasteiger partial charge in [-0.3, -0.25) is 0 Å². The van der Waals surface area contributed by atoms with Crippen LogP contribution in [0, 0.1) is 0 Å². The lowest BCUT2D eigenvalue weighted by atomic mass is 9.79. The summed E-state index contributed by atoms with van der Waals surface area (Å²) in [6.45, 7) is 14.1. The molecule has 3 aliphatic carbocycles. The van der Waals surface area contributed by atoms with Gasteiger partial charge >= 0.3 is 0 Å². The van der Waals surface area contributed by atoms with Gasteiger partial charge in [0.2, 0.25) is 0 Å². The van der Waals surface area contributed by atoms with Gasteiger partial charge in [0.05, 0.1) is 33.5 Å². The maximum Gasteiger partial charge on any atom is 0.0541 e. The number of aromatic nitrogens is 2. The van der Waals surface area contributed by atoms with Gasteiger partial charge < -0.3 is 9.13 Å². The summed E-state index contributed by atoms with van der Waals surface area (Å²) in [5.74, 6) is 0. The topological polar surface area (TPSA) is 9.86 Å². The molecule has 0 saturated heterocycles. The van der Waals surface area contributed by atoms with Gasteiger partial charge in [-0.2, -0.15) is 0 Å². The molecule has 2 heterocycles. The molecule has 14 aromatic carbocycles. The van der Waals surface area contributed by atoms with Crippen molar-refractivity contribution in [2.75, 3.05) is 0 Å². The minimum absolute atomic E-state index is 0.175. The summed E-state index contributed by atoms with van der Waals surface area (Å²) in [5.41, 5.74) is 35.3. The largest absolute Gasteiger partial charge is 0.309 e. The molecule has 16 aromatic rings. The lowest BCUT2D eigenvalue weighted by Gasteiger charge is -2.24. The average molecular weight is 1340 g/mol. The molecule has 0 radical (unpaired) electrons. The number of hydrogen-bond donors (Lipinski definition) is 0. The summed E-state index contributed by atoms with van der Waals surface area (Å²) < 4.78 is 4.78. The Morgan fingerprint density at radius 1 is 0.295 bits per heavy atom. The fraction of sp³-hybridized carbons (Fsp3) is 0.0680. The minimum atomic E-state index is -0.176. The second-order valence-corrected chi connectivity index (χ2v) is 29.6. The Balaban J connectivity index is 0.509. The van der Waals surface area contributed by atoms with Crippen molar-refractivity contribution in [2.24, 2.45) is 0 Å². The molecule has 2 nitrogen and oxygen atoms in total. The van der Waals surface area contributed by atoms with E-state index in [2.05, 4.69) is 407 Å². The number of hydrogen-bond acceptors (Lipinski definition) is 0. The first kappa shape index (κ1) is 63.1. The molecule has 19 rings (SSSR count). The molecule has 0 atom stereocenters. The van der Waals surface area contributed by atoms with Gasteiger partial charge in [-0.25, -0.2) is 0 Å². The van der Waals surface area contributed by atoms with E-state index in [1.165, 1.54) is 177 Å². The van der Waals surface area contributed by atoms with Gasteiger partial charge in [0.25, 0.3) is 0 Å². The fourth-order valence-electron chi connectivity index (χ4n) is 17.0. The molecule has 105 heavy (non-hydrogen) atoms. The maximum absolute atomic E-state index is 4.48. The first-order chi connectivity index (χ1) is 51.4. The molecule has 0 bridgehead atoms. The first-order valence-electron chi connectivity index (χ1n) is 36.8. The van der Waals surface area contributed by atoms with E-state index in [-0.39, 0.29) is 10.8 Å². The highest BCUT2D eigenvalue weighted by atomic mass is 15.0. The second-order valence-electron chi connectivity index (χ2n) is 29.6. The number of benzene rings is 14. The van der Waals surface area contributed by atoms with Gasteiger partial charge in [-0.05, 0) is 213 Å². The van der Waals surface area contributed by atoms with Gasteiger partial charge in [0.1, 0.15) is 0 Å². The molecule has 0 aliphatic heterocycles. The molecule has 2 aromatic heterocycles. The highest BCUT2D eigenvalue weighted by Gasteiger charge is 2.38. The van der Waals surface area contributed by atoms with E-state index < -0.39 is 0 Å². The number of nitrogens with zero attached hydrogens (tertiary/aromatic N) is 2. The molecule has 3 aliphatic rings. The van der Waals surface area contributed by atoms with Crippen molar-refractivity contribution in [3.05, 3.63) is 396 Å². The summed E-state index contributed by atoms with van der Waals surface area (Å²) in [5, 5.41) is 7.46. The van der Waals surface area contributed by atoms with Crippen LogP contribution >= 0.6 is 0 Å². The normalized spacial score (nSPS) is 15.2. The summed E-state index contributed by atoms with van der Waals surface area (Å²) in [6.07, 6.45) is 24.7. The van der Waals surface area contributed by atoms with Crippen LogP contribution in [-0.4, -0.2) is 9.13 Å². The van der Waals surface area contributed by atoms with Crippen LogP contribution in [0.3, 0.4) is 0 Å². The summed E-state index contributed by atoms with van der Waals surface area (Å²) in [6, 6.07) is 111. The smallest absolute Gasteiger partial charge is 0.0541 e. The van der Waals surface area contributed by atoms with E-state index in [9.17, 15) is 0 Å². The average Bonchev–Trinajstić information content (AvgIpc) is 1.59. The van der Waals surface area contributed by atoms with Crippen molar-refractivity contribution < 1.29 is 0 Å². The van der Waals surface area contributed by atoms with E-state index in [4.69, 9.17) is 0 Å². The fourth-order valence-corrected chi connectivity index (χ4v) is 17.0. The van der Waals surface area contributed by atoms with Crippen molar-refractivity contribution in [3.63, 3.8) is 0 Å². The van der Waals surface area contributed by atoms with E-state index in [1.807, 2.05) is 0 Å². The van der Waals surface area contributed by atoms with E-state index in [0.29, 0.717) is 0 Å². The zero-order valence-corrected chi connectivity index (χ0v) is 59.4. The monoisotopic (exact) mass is 1340 g/mol. The van der Waals surface area contributed by atoms with Crippen molar-refractivity contribution in [1.29, 1.82) is 0 Å². The van der Waals surface area contributed by atoms with E-state index in [1.54, 1.807) is 0 Å². The van der Waals surface area contributed by atoms with Crippen molar-refractivity contribution in [3.8, 4) is 83.6 Å². The van der Waals surface area contributed by atoms with Gasteiger partial charge in [0.15, 0.2) is 0 Å². The third-order valence-electron chi connectivity index (χ3n) is 22.7. The van der Waals surface area contributed by atoms with Gasteiger partial charge in [-0.15, -0.1) is 0 Å². The predicted molar refractivity (Wildman–Crippen MR) is 450 cm³/mol. The molecule has 0 saturated carbocycles. The quantitative estimate of drug-likeness (QED) is 0.114. The Hall–Kier alpha value is -12.9. The molecule has 0 N–H and O–H groups in total. The number of para-hydroxylation sites is 2. The lowest BCUT2D eigenvalue weighted by Crippen LogP contribution is -2.15. The Labute approximate surface area is 614 Å². The standard InChI is InChI=1S/C103H76N2/c1-67-19-10-8-6-7-9-11-25-96(67)104-98-26-16-14-23-88(98)90-61-77(53-59-100(90)104)72-41-33-68(34-42-72)29-31-70-37-45-74(46-38-70)79-49-55-84-86-57-51-81(65-94(86)102(2,3)92(84)63-79)82-52-58-87-85-56-50-80(64-93(85)103(4,5)95(87)66-82)75-47-39-71(40-48-75)32-30-69-35-43-73(44-36-69)78-54-60-101-91(62-78)89-24-15-17-27-99(89)105(101)97-28-18-21-76-20-12-13-22-83(76)97/h6,8-66H,1,7H2,2-5H3/b8-6-,11-9-,19-10-,31-29+,32-30+,96-25?.